The number of aliphatic hydroxyl groups excluding tert-OH is 1. The molecule has 1 aromatic carbocycles. The molecule has 0 fully saturated rings. The molecule has 0 unspecified atom stereocenters. The summed E-state index contributed by atoms with van der Waals surface area (Å²) in [5.41, 5.74) is 1.14. The van der Waals surface area contributed by atoms with Crippen molar-refractivity contribution in [1.82, 2.24) is 9.80 Å². The fourth-order valence-electron chi connectivity index (χ4n) is 1.90. The summed E-state index contributed by atoms with van der Waals surface area (Å²) in [7, 11) is 1.83. The van der Waals surface area contributed by atoms with Crippen LogP contribution < -0.4 is 0 Å². The van der Waals surface area contributed by atoms with Gasteiger partial charge in [-0.1, -0.05) is 37.3 Å². The van der Waals surface area contributed by atoms with Crippen LogP contribution in [0, 0.1) is 0 Å². The molecule has 4 nitrogen and oxygen atoms in total. The van der Waals surface area contributed by atoms with Gasteiger partial charge in [-0.3, -0.25) is 9.69 Å². The van der Waals surface area contributed by atoms with Crippen molar-refractivity contribution in [3.8, 4) is 0 Å². The maximum absolute atomic E-state index is 12.1. The van der Waals surface area contributed by atoms with Crippen LogP contribution in [0.1, 0.15) is 18.9 Å². The van der Waals surface area contributed by atoms with E-state index in [4.69, 9.17) is 5.11 Å². The highest BCUT2D eigenvalue weighted by molar-refractivity contribution is 5.78. The topological polar surface area (TPSA) is 43.8 Å². The van der Waals surface area contributed by atoms with E-state index in [1.165, 1.54) is 0 Å². The van der Waals surface area contributed by atoms with E-state index in [0.717, 1.165) is 18.7 Å². The summed E-state index contributed by atoms with van der Waals surface area (Å²) in [4.78, 5) is 15.9. The zero-order chi connectivity index (χ0) is 14.1. The van der Waals surface area contributed by atoms with Gasteiger partial charge in [0.1, 0.15) is 0 Å². The Balaban J connectivity index is 2.43. The van der Waals surface area contributed by atoms with Gasteiger partial charge in [-0.05, 0) is 18.5 Å². The molecule has 0 saturated carbocycles. The number of nitrogens with zero attached hydrogens (tertiary/aromatic N) is 2. The highest BCUT2D eigenvalue weighted by Gasteiger charge is 2.13. The lowest BCUT2D eigenvalue weighted by molar-refractivity contribution is -0.131. The minimum absolute atomic E-state index is 0.114. The minimum Gasteiger partial charge on any atom is -0.396 e. The minimum atomic E-state index is 0.114. The molecule has 0 aliphatic carbocycles. The molecule has 0 aliphatic heterocycles. The first kappa shape index (κ1) is 15.7. The quantitative estimate of drug-likeness (QED) is 0.771. The molecule has 106 valence electrons. The van der Waals surface area contributed by atoms with E-state index in [-0.39, 0.29) is 12.5 Å². The molecule has 19 heavy (non-hydrogen) atoms. The number of rotatable bonds is 8. The SMILES string of the molecule is CCN(CCCO)CC(=O)N(C)Cc1ccccc1. The summed E-state index contributed by atoms with van der Waals surface area (Å²) in [6, 6.07) is 9.97. The molecular weight excluding hydrogens is 240 g/mol. The number of hydrogen-bond acceptors (Lipinski definition) is 3. The fraction of sp³-hybridized carbons (Fsp3) is 0.533. The third kappa shape index (κ3) is 5.85. The second-order valence-electron chi connectivity index (χ2n) is 4.68. The number of hydrogen-bond donors (Lipinski definition) is 1. The normalized spacial score (nSPS) is 10.7. The van der Waals surface area contributed by atoms with Gasteiger partial charge in [0, 0.05) is 26.7 Å². The molecule has 4 heteroatoms. The first-order valence-corrected chi connectivity index (χ1v) is 6.78. The number of likely N-dealkylation sites (N-methyl/N-ethyl adjacent to an activating group) is 2. The Labute approximate surface area is 115 Å². The molecule has 0 radical (unpaired) electrons. The highest BCUT2D eigenvalue weighted by Crippen LogP contribution is 2.03. The van der Waals surface area contributed by atoms with Crippen molar-refractivity contribution >= 4 is 5.91 Å². The van der Waals surface area contributed by atoms with Crippen LogP contribution in [-0.2, 0) is 11.3 Å². The molecule has 0 bridgehead atoms. The van der Waals surface area contributed by atoms with Crippen LogP contribution in [0.15, 0.2) is 30.3 Å². The lowest BCUT2D eigenvalue weighted by atomic mass is 10.2. The van der Waals surface area contributed by atoms with Gasteiger partial charge >= 0.3 is 0 Å². The van der Waals surface area contributed by atoms with Gasteiger partial charge < -0.3 is 10.0 Å². The molecule has 0 saturated heterocycles. The van der Waals surface area contributed by atoms with Crippen LogP contribution in [0.3, 0.4) is 0 Å². The van der Waals surface area contributed by atoms with Gasteiger partial charge in [-0.25, -0.2) is 0 Å². The van der Waals surface area contributed by atoms with Crippen molar-refractivity contribution in [3.63, 3.8) is 0 Å². The Hall–Kier alpha value is -1.39. The lowest BCUT2D eigenvalue weighted by Crippen LogP contribution is -2.38. The number of amides is 1. The summed E-state index contributed by atoms with van der Waals surface area (Å²) in [6.07, 6.45) is 0.712. The molecule has 1 N–H and O–H groups in total. The van der Waals surface area contributed by atoms with Crippen molar-refractivity contribution in [2.45, 2.75) is 19.9 Å². The van der Waals surface area contributed by atoms with Gasteiger partial charge in [0.15, 0.2) is 0 Å². The third-order valence-corrected chi connectivity index (χ3v) is 3.13. The van der Waals surface area contributed by atoms with Gasteiger partial charge in [-0.15, -0.1) is 0 Å². The summed E-state index contributed by atoms with van der Waals surface area (Å²) < 4.78 is 0. The number of benzene rings is 1. The van der Waals surface area contributed by atoms with Crippen LogP contribution in [0.4, 0.5) is 0 Å². The van der Waals surface area contributed by atoms with Gasteiger partial charge in [0.2, 0.25) is 5.91 Å². The average Bonchev–Trinajstić information content (AvgIpc) is 2.44. The van der Waals surface area contributed by atoms with Crippen molar-refractivity contribution in [1.29, 1.82) is 0 Å². The number of carbonyl (C=O) groups excluding carboxylic acids is 1. The zero-order valence-electron chi connectivity index (χ0n) is 11.9. The summed E-state index contributed by atoms with van der Waals surface area (Å²) >= 11 is 0. The van der Waals surface area contributed by atoms with Crippen LogP contribution in [0.25, 0.3) is 0 Å². The fourth-order valence-corrected chi connectivity index (χ4v) is 1.90. The van der Waals surface area contributed by atoms with Crippen LogP contribution >= 0.6 is 0 Å². The van der Waals surface area contributed by atoms with Crippen molar-refractivity contribution < 1.29 is 9.90 Å². The maximum atomic E-state index is 12.1. The first-order valence-electron chi connectivity index (χ1n) is 6.78. The molecule has 0 spiro atoms. The van der Waals surface area contributed by atoms with Crippen LogP contribution in [0.2, 0.25) is 0 Å². The smallest absolute Gasteiger partial charge is 0.236 e. The van der Waals surface area contributed by atoms with Crippen molar-refractivity contribution in [2.24, 2.45) is 0 Å². The molecule has 1 amide bonds. The Kier molecular flexibility index (Phi) is 7.15. The van der Waals surface area contributed by atoms with Gasteiger partial charge in [0.25, 0.3) is 0 Å². The first-order chi connectivity index (χ1) is 9.17. The molecule has 1 aromatic rings. The summed E-state index contributed by atoms with van der Waals surface area (Å²) in [5.74, 6) is 0.114. The van der Waals surface area contributed by atoms with Crippen LogP contribution in [-0.4, -0.2) is 54.1 Å². The Morgan fingerprint density at radius 1 is 1.26 bits per heavy atom. The Bertz CT molecular complexity index is 368. The summed E-state index contributed by atoms with van der Waals surface area (Å²) in [5, 5.41) is 8.83. The second kappa shape index (κ2) is 8.67. The summed E-state index contributed by atoms with van der Waals surface area (Å²) in [6.45, 7) is 4.84. The van der Waals surface area contributed by atoms with E-state index in [0.29, 0.717) is 19.5 Å². The molecular formula is C15H24N2O2. The number of aliphatic hydroxyl groups is 1. The predicted octanol–water partition coefficient (Wildman–Crippen LogP) is 1.35. The standard InChI is InChI=1S/C15H24N2O2/c1-3-17(10-7-11-18)13-15(19)16(2)12-14-8-5-4-6-9-14/h4-6,8-9,18H,3,7,10-13H2,1-2H3. The molecule has 0 heterocycles. The predicted molar refractivity (Wildman–Crippen MR) is 76.7 cm³/mol. The number of carbonyl (C=O) groups is 1. The molecule has 0 atom stereocenters. The highest BCUT2D eigenvalue weighted by atomic mass is 16.3. The van der Waals surface area contributed by atoms with Gasteiger partial charge in [-0.2, -0.15) is 0 Å². The Morgan fingerprint density at radius 3 is 2.53 bits per heavy atom. The average molecular weight is 264 g/mol. The molecule has 0 aliphatic rings. The van der Waals surface area contributed by atoms with E-state index in [1.807, 2.05) is 44.3 Å². The lowest BCUT2D eigenvalue weighted by Gasteiger charge is -2.23. The van der Waals surface area contributed by atoms with E-state index in [1.54, 1.807) is 4.90 Å². The Morgan fingerprint density at radius 2 is 1.95 bits per heavy atom. The van der Waals surface area contributed by atoms with E-state index in [9.17, 15) is 4.79 Å². The van der Waals surface area contributed by atoms with E-state index < -0.39 is 0 Å². The van der Waals surface area contributed by atoms with Crippen molar-refractivity contribution in [3.05, 3.63) is 35.9 Å². The van der Waals surface area contributed by atoms with E-state index >= 15 is 0 Å². The molecule has 0 aromatic heterocycles. The van der Waals surface area contributed by atoms with Crippen LogP contribution in [0.5, 0.6) is 0 Å². The largest absolute Gasteiger partial charge is 0.396 e. The van der Waals surface area contributed by atoms with Gasteiger partial charge in [0.05, 0.1) is 6.54 Å². The van der Waals surface area contributed by atoms with E-state index in [2.05, 4.69) is 4.90 Å². The second-order valence-corrected chi connectivity index (χ2v) is 4.68. The zero-order valence-corrected chi connectivity index (χ0v) is 11.9. The third-order valence-electron chi connectivity index (χ3n) is 3.13. The monoisotopic (exact) mass is 264 g/mol. The molecule has 1 rings (SSSR count). The maximum Gasteiger partial charge on any atom is 0.236 e. The van der Waals surface area contributed by atoms with Crippen molar-refractivity contribution in [2.75, 3.05) is 33.3 Å².